The van der Waals surface area contributed by atoms with Crippen LogP contribution in [-0.2, 0) is 11.3 Å². The predicted octanol–water partition coefficient (Wildman–Crippen LogP) is 3.24. The number of hydrogen-bond acceptors (Lipinski definition) is 5. The lowest BCUT2D eigenvalue weighted by Gasteiger charge is -2.36. The number of imide groups is 1. The number of likely N-dealkylation sites (tertiary alicyclic amines) is 1. The highest BCUT2D eigenvalue weighted by Gasteiger charge is 2.62. The van der Waals surface area contributed by atoms with E-state index in [4.69, 9.17) is 21.7 Å². The lowest BCUT2D eigenvalue weighted by Crippen LogP contribution is -2.56. The van der Waals surface area contributed by atoms with Crippen molar-refractivity contribution in [2.24, 2.45) is 0 Å². The zero-order chi connectivity index (χ0) is 23.7. The Balaban J connectivity index is 1.11. The first-order valence-corrected chi connectivity index (χ1v) is 12.1. The van der Waals surface area contributed by atoms with Gasteiger partial charge < -0.3 is 24.6 Å². The first-order valence-electron chi connectivity index (χ1n) is 11.7. The molecule has 4 aliphatic heterocycles. The number of piperazine rings is 1. The van der Waals surface area contributed by atoms with E-state index in [1.54, 1.807) is 4.90 Å². The normalized spacial score (nSPS) is 24.0. The average Bonchev–Trinajstić information content (AvgIpc) is 3.65. The number of benzene rings is 3. The maximum atomic E-state index is 13.6. The van der Waals surface area contributed by atoms with Gasteiger partial charge in [-0.15, -0.1) is 0 Å². The minimum absolute atomic E-state index is 0.0354. The second-order valence-electron chi connectivity index (χ2n) is 9.26. The van der Waals surface area contributed by atoms with Crippen molar-refractivity contribution in [2.45, 2.75) is 31.1 Å². The summed E-state index contributed by atoms with van der Waals surface area (Å²) in [5.74, 6) is 1.30. The van der Waals surface area contributed by atoms with Gasteiger partial charge in [0.05, 0.1) is 17.8 Å². The molecule has 2 unspecified atom stereocenters. The van der Waals surface area contributed by atoms with Crippen molar-refractivity contribution >= 4 is 45.7 Å². The van der Waals surface area contributed by atoms with Crippen LogP contribution in [0.3, 0.4) is 0 Å². The first-order chi connectivity index (χ1) is 17.1. The van der Waals surface area contributed by atoms with Crippen molar-refractivity contribution < 1.29 is 19.1 Å². The smallest absolute Gasteiger partial charge is 0.332 e. The number of carbonyl (C=O) groups excluding carboxylic acids is 2. The molecule has 0 aliphatic carbocycles. The highest BCUT2D eigenvalue weighted by molar-refractivity contribution is 7.80. The molecule has 35 heavy (non-hydrogen) atoms. The van der Waals surface area contributed by atoms with Crippen LogP contribution in [-0.4, -0.2) is 58.3 Å². The van der Waals surface area contributed by atoms with Crippen molar-refractivity contribution in [3.05, 3.63) is 66.2 Å². The van der Waals surface area contributed by atoms with E-state index >= 15 is 0 Å². The molecule has 1 N–H and O–H groups in total. The van der Waals surface area contributed by atoms with Gasteiger partial charge >= 0.3 is 6.03 Å². The van der Waals surface area contributed by atoms with E-state index in [1.807, 2.05) is 60.7 Å². The number of carbonyl (C=O) groups is 2. The van der Waals surface area contributed by atoms with E-state index in [1.165, 1.54) is 4.90 Å². The van der Waals surface area contributed by atoms with Crippen molar-refractivity contribution in [3.8, 4) is 11.5 Å². The second-order valence-corrected chi connectivity index (χ2v) is 9.65. The molecule has 3 aromatic rings. The van der Waals surface area contributed by atoms with Gasteiger partial charge in [-0.1, -0.05) is 42.5 Å². The Morgan fingerprint density at radius 1 is 1.03 bits per heavy atom. The number of nitrogens with zero attached hydrogens (tertiary/aromatic N) is 3. The molecule has 0 spiro atoms. The standard InChI is InChI=1S/C26H22N4O4S/c31-24-23-20-11-17(13-28(20)25(35)27-12-15-8-9-21-22(10-15)34-14-33-21)29(23)26(32)30(24)19-7-3-5-16-4-1-2-6-18(16)19/h1-10,17,20,23H,11-14H2,(H,27,35)/t17?,20?,23-/m0/s1. The Bertz CT molecular complexity index is 1410. The molecule has 9 heteroatoms. The predicted molar refractivity (Wildman–Crippen MR) is 133 cm³/mol. The fourth-order valence-corrected chi connectivity index (χ4v) is 6.13. The van der Waals surface area contributed by atoms with Gasteiger partial charge in [-0.3, -0.25) is 4.79 Å². The molecular weight excluding hydrogens is 464 g/mol. The van der Waals surface area contributed by atoms with Gasteiger partial charge in [0, 0.05) is 18.5 Å². The van der Waals surface area contributed by atoms with Crippen molar-refractivity contribution in [3.63, 3.8) is 0 Å². The monoisotopic (exact) mass is 486 g/mol. The molecule has 0 aromatic heterocycles. The maximum absolute atomic E-state index is 13.6. The topological polar surface area (TPSA) is 74.4 Å². The third-order valence-electron chi connectivity index (χ3n) is 7.41. The molecule has 0 radical (unpaired) electrons. The van der Waals surface area contributed by atoms with Crippen LogP contribution in [0.2, 0.25) is 0 Å². The minimum Gasteiger partial charge on any atom is -0.454 e. The molecule has 4 heterocycles. The van der Waals surface area contributed by atoms with Crippen molar-refractivity contribution in [1.29, 1.82) is 0 Å². The maximum Gasteiger partial charge on any atom is 0.332 e. The molecule has 8 nitrogen and oxygen atoms in total. The van der Waals surface area contributed by atoms with Crippen LogP contribution in [0.15, 0.2) is 60.7 Å². The SMILES string of the molecule is O=C1[C@@H]2C3CC(CN3C(=S)NCc3ccc4c(c3)OCO4)N2C(=O)N1c1cccc2ccccc12. The van der Waals surface area contributed by atoms with Gasteiger partial charge in [0.25, 0.3) is 5.91 Å². The quantitative estimate of drug-likeness (QED) is 0.450. The van der Waals surface area contributed by atoms with Crippen LogP contribution in [0, 0.1) is 0 Å². The van der Waals surface area contributed by atoms with Gasteiger partial charge in [0.1, 0.15) is 6.04 Å². The summed E-state index contributed by atoms with van der Waals surface area (Å²) in [6.45, 7) is 1.39. The number of rotatable bonds is 3. The summed E-state index contributed by atoms with van der Waals surface area (Å²) in [7, 11) is 0. The summed E-state index contributed by atoms with van der Waals surface area (Å²) in [5, 5.41) is 5.81. The number of hydrogen-bond donors (Lipinski definition) is 1. The highest BCUT2D eigenvalue weighted by Crippen LogP contribution is 2.43. The lowest BCUT2D eigenvalue weighted by atomic mass is 10.1. The summed E-state index contributed by atoms with van der Waals surface area (Å²) >= 11 is 5.72. The number of amides is 3. The molecule has 3 aromatic carbocycles. The summed E-state index contributed by atoms with van der Waals surface area (Å²) in [5.41, 5.74) is 1.67. The Morgan fingerprint density at radius 2 is 1.86 bits per heavy atom. The summed E-state index contributed by atoms with van der Waals surface area (Å²) in [6.07, 6.45) is 0.747. The third-order valence-corrected chi connectivity index (χ3v) is 7.79. The number of ether oxygens (including phenoxy) is 2. The summed E-state index contributed by atoms with van der Waals surface area (Å²) in [6, 6.07) is 18.4. The van der Waals surface area contributed by atoms with Crippen LogP contribution in [0.5, 0.6) is 11.5 Å². The van der Waals surface area contributed by atoms with Crippen LogP contribution >= 0.6 is 12.2 Å². The Labute approximate surface area is 207 Å². The van der Waals surface area contributed by atoms with Gasteiger partial charge in [0.15, 0.2) is 16.6 Å². The number of fused-ring (bicyclic) bond motifs is 7. The summed E-state index contributed by atoms with van der Waals surface area (Å²) < 4.78 is 10.8. The molecule has 3 fully saturated rings. The molecule has 2 bridgehead atoms. The van der Waals surface area contributed by atoms with Crippen molar-refractivity contribution in [2.75, 3.05) is 18.2 Å². The Morgan fingerprint density at radius 3 is 2.77 bits per heavy atom. The molecule has 4 aliphatic rings. The first kappa shape index (κ1) is 20.5. The van der Waals surface area contributed by atoms with E-state index in [0.717, 1.165) is 34.3 Å². The number of urea groups is 1. The Hall–Kier alpha value is -3.85. The van der Waals surface area contributed by atoms with Crippen LogP contribution in [0.1, 0.15) is 12.0 Å². The third kappa shape index (κ3) is 3.01. The zero-order valence-corrected chi connectivity index (χ0v) is 19.5. The molecule has 3 saturated heterocycles. The highest BCUT2D eigenvalue weighted by atomic mass is 32.1. The zero-order valence-electron chi connectivity index (χ0n) is 18.7. The van der Waals surface area contributed by atoms with Crippen LogP contribution in [0.4, 0.5) is 10.5 Å². The van der Waals surface area contributed by atoms with Crippen LogP contribution in [0.25, 0.3) is 10.8 Å². The number of thiocarbonyl (C=S) groups is 1. The molecule has 3 atom stereocenters. The van der Waals surface area contributed by atoms with E-state index in [9.17, 15) is 9.59 Å². The number of nitrogens with one attached hydrogen (secondary N) is 1. The van der Waals surface area contributed by atoms with E-state index < -0.39 is 6.04 Å². The van der Waals surface area contributed by atoms with Gasteiger partial charge in [-0.25, -0.2) is 9.69 Å². The average molecular weight is 487 g/mol. The second kappa shape index (κ2) is 7.58. The molecule has 0 saturated carbocycles. The van der Waals surface area contributed by atoms with Gasteiger partial charge in [-0.2, -0.15) is 0 Å². The lowest BCUT2D eigenvalue weighted by molar-refractivity contribution is -0.120. The minimum atomic E-state index is -0.523. The fourth-order valence-electron chi connectivity index (χ4n) is 5.85. The largest absolute Gasteiger partial charge is 0.454 e. The molecular formula is C26H22N4O4S. The van der Waals surface area contributed by atoms with E-state index in [0.29, 0.717) is 23.9 Å². The van der Waals surface area contributed by atoms with Crippen molar-refractivity contribution in [1.82, 2.24) is 15.1 Å². The Kier molecular flexibility index (Phi) is 4.44. The molecule has 176 valence electrons. The van der Waals surface area contributed by atoms with E-state index in [-0.39, 0.29) is 30.8 Å². The van der Waals surface area contributed by atoms with E-state index in [2.05, 4.69) is 10.2 Å². The number of anilines is 1. The fraction of sp³-hybridized carbons (Fsp3) is 0.269. The van der Waals surface area contributed by atoms with Gasteiger partial charge in [0.2, 0.25) is 6.79 Å². The molecule has 3 amide bonds. The summed E-state index contributed by atoms with van der Waals surface area (Å²) in [4.78, 5) is 32.3. The van der Waals surface area contributed by atoms with Crippen LogP contribution < -0.4 is 19.7 Å². The molecule has 7 rings (SSSR count). The van der Waals surface area contributed by atoms with Gasteiger partial charge in [-0.05, 0) is 47.8 Å².